The minimum absolute atomic E-state index is 0.0454. The Morgan fingerprint density at radius 3 is 3.00 bits per heavy atom. The molecule has 0 spiro atoms. The van der Waals surface area contributed by atoms with Crippen molar-refractivity contribution >= 4 is 33.2 Å². The zero-order chi connectivity index (χ0) is 14.8. The van der Waals surface area contributed by atoms with Gasteiger partial charge in [0, 0.05) is 15.9 Å². The number of benzene rings is 2. The lowest BCUT2D eigenvalue weighted by Crippen LogP contribution is -2.24. The fourth-order valence-electron chi connectivity index (χ4n) is 2.39. The standard InChI is InChI=1S/C16H12BrClN2O/c17-12-2-1-10(8-19)15(7-12)20-9-14-6-11-5-13(18)3-4-16(11)21-14/h1-5,7,14,20H,6,9H2. The number of nitriles is 1. The SMILES string of the molecule is N#Cc1ccc(Br)cc1NCC1Cc2cc(Cl)ccc2O1. The molecule has 1 atom stereocenters. The average molecular weight is 364 g/mol. The molecule has 5 heteroatoms. The Kier molecular flexibility index (Phi) is 4.05. The lowest BCUT2D eigenvalue weighted by Gasteiger charge is -2.14. The number of fused-ring (bicyclic) bond motifs is 1. The van der Waals surface area contributed by atoms with E-state index in [2.05, 4.69) is 27.3 Å². The summed E-state index contributed by atoms with van der Waals surface area (Å²) < 4.78 is 6.81. The number of halogens is 2. The molecule has 1 aliphatic rings. The maximum absolute atomic E-state index is 9.12. The van der Waals surface area contributed by atoms with E-state index in [-0.39, 0.29) is 6.10 Å². The van der Waals surface area contributed by atoms with Crippen LogP contribution in [0.1, 0.15) is 11.1 Å². The van der Waals surface area contributed by atoms with Crippen LogP contribution < -0.4 is 10.1 Å². The van der Waals surface area contributed by atoms with E-state index in [0.717, 1.165) is 32.9 Å². The van der Waals surface area contributed by atoms with Crippen molar-refractivity contribution in [1.29, 1.82) is 5.26 Å². The second-order valence-electron chi connectivity index (χ2n) is 4.88. The molecule has 1 N–H and O–H groups in total. The average Bonchev–Trinajstić information content (AvgIpc) is 2.87. The van der Waals surface area contributed by atoms with Crippen LogP contribution in [0.5, 0.6) is 5.75 Å². The van der Waals surface area contributed by atoms with E-state index in [4.69, 9.17) is 21.6 Å². The largest absolute Gasteiger partial charge is 0.488 e. The highest BCUT2D eigenvalue weighted by Crippen LogP contribution is 2.31. The van der Waals surface area contributed by atoms with Gasteiger partial charge in [-0.3, -0.25) is 0 Å². The third-order valence-electron chi connectivity index (χ3n) is 3.39. The summed E-state index contributed by atoms with van der Waals surface area (Å²) in [7, 11) is 0. The van der Waals surface area contributed by atoms with Gasteiger partial charge in [-0.1, -0.05) is 27.5 Å². The highest BCUT2D eigenvalue weighted by atomic mass is 79.9. The quantitative estimate of drug-likeness (QED) is 0.879. The fraction of sp³-hybridized carbons (Fsp3) is 0.188. The van der Waals surface area contributed by atoms with Crippen LogP contribution in [-0.2, 0) is 6.42 Å². The lowest BCUT2D eigenvalue weighted by atomic mass is 10.1. The molecule has 0 amide bonds. The van der Waals surface area contributed by atoms with Crippen LogP contribution in [0.2, 0.25) is 5.02 Å². The summed E-state index contributed by atoms with van der Waals surface area (Å²) in [5.74, 6) is 0.890. The highest BCUT2D eigenvalue weighted by molar-refractivity contribution is 9.10. The summed E-state index contributed by atoms with van der Waals surface area (Å²) in [6, 6.07) is 13.4. The minimum Gasteiger partial charge on any atom is -0.488 e. The van der Waals surface area contributed by atoms with Gasteiger partial charge >= 0.3 is 0 Å². The predicted molar refractivity (Wildman–Crippen MR) is 86.9 cm³/mol. The number of ether oxygens (including phenoxy) is 1. The number of nitrogens with zero attached hydrogens (tertiary/aromatic N) is 1. The van der Waals surface area contributed by atoms with Gasteiger partial charge in [0.1, 0.15) is 17.9 Å². The van der Waals surface area contributed by atoms with Crippen molar-refractivity contribution in [2.45, 2.75) is 12.5 Å². The minimum atomic E-state index is 0.0454. The lowest BCUT2D eigenvalue weighted by molar-refractivity contribution is 0.246. The number of hydrogen-bond donors (Lipinski definition) is 1. The Hall–Kier alpha value is -1.70. The molecule has 106 valence electrons. The van der Waals surface area contributed by atoms with Gasteiger partial charge in [-0.2, -0.15) is 5.26 Å². The van der Waals surface area contributed by atoms with E-state index < -0.39 is 0 Å². The van der Waals surface area contributed by atoms with E-state index in [1.807, 2.05) is 30.3 Å². The van der Waals surface area contributed by atoms with E-state index in [1.165, 1.54) is 0 Å². The van der Waals surface area contributed by atoms with Crippen molar-refractivity contribution in [2.75, 3.05) is 11.9 Å². The number of hydrogen-bond acceptors (Lipinski definition) is 3. The monoisotopic (exact) mass is 362 g/mol. The van der Waals surface area contributed by atoms with E-state index >= 15 is 0 Å². The first-order valence-corrected chi connectivity index (χ1v) is 7.71. The van der Waals surface area contributed by atoms with E-state index in [0.29, 0.717) is 12.1 Å². The molecule has 0 fully saturated rings. The smallest absolute Gasteiger partial charge is 0.123 e. The van der Waals surface area contributed by atoms with Gasteiger partial charge in [0.15, 0.2) is 0 Å². The van der Waals surface area contributed by atoms with E-state index in [9.17, 15) is 0 Å². The maximum Gasteiger partial charge on any atom is 0.123 e. The maximum atomic E-state index is 9.12. The molecule has 1 unspecified atom stereocenters. The van der Waals surface area contributed by atoms with Crippen molar-refractivity contribution in [3.05, 3.63) is 57.0 Å². The van der Waals surface area contributed by atoms with Gasteiger partial charge in [-0.15, -0.1) is 0 Å². The number of nitrogens with one attached hydrogen (secondary N) is 1. The first-order valence-electron chi connectivity index (χ1n) is 6.54. The summed E-state index contributed by atoms with van der Waals surface area (Å²) in [4.78, 5) is 0. The van der Waals surface area contributed by atoms with Gasteiger partial charge in [-0.25, -0.2) is 0 Å². The molecule has 0 saturated heterocycles. The highest BCUT2D eigenvalue weighted by Gasteiger charge is 2.23. The molecule has 0 bridgehead atoms. The van der Waals surface area contributed by atoms with Gasteiger partial charge in [0.05, 0.1) is 17.8 Å². The van der Waals surface area contributed by atoms with Crippen LogP contribution >= 0.6 is 27.5 Å². The van der Waals surface area contributed by atoms with Gasteiger partial charge in [-0.05, 0) is 42.0 Å². The second-order valence-corrected chi connectivity index (χ2v) is 6.23. The molecule has 0 aliphatic carbocycles. The summed E-state index contributed by atoms with van der Waals surface area (Å²) >= 11 is 9.40. The van der Waals surface area contributed by atoms with Crippen molar-refractivity contribution in [1.82, 2.24) is 0 Å². The fourth-order valence-corrected chi connectivity index (χ4v) is 2.94. The topological polar surface area (TPSA) is 45.0 Å². The first kappa shape index (κ1) is 14.2. The molecular weight excluding hydrogens is 352 g/mol. The Bertz CT molecular complexity index is 727. The van der Waals surface area contributed by atoms with Crippen LogP contribution in [0.3, 0.4) is 0 Å². The molecule has 2 aromatic rings. The first-order chi connectivity index (χ1) is 10.2. The molecule has 3 nitrogen and oxygen atoms in total. The van der Waals surface area contributed by atoms with Gasteiger partial charge < -0.3 is 10.1 Å². The van der Waals surface area contributed by atoms with Crippen LogP contribution in [0.15, 0.2) is 40.9 Å². The summed E-state index contributed by atoms with van der Waals surface area (Å²) in [5, 5.41) is 13.1. The molecule has 0 saturated carbocycles. The van der Waals surface area contributed by atoms with Crippen LogP contribution in [0.25, 0.3) is 0 Å². The number of rotatable bonds is 3. The van der Waals surface area contributed by atoms with Gasteiger partial charge in [0.25, 0.3) is 0 Å². The molecule has 3 rings (SSSR count). The van der Waals surface area contributed by atoms with E-state index in [1.54, 1.807) is 6.07 Å². The van der Waals surface area contributed by atoms with Crippen LogP contribution in [-0.4, -0.2) is 12.6 Å². The Morgan fingerprint density at radius 2 is 2.19 bits per heavy atom. The van der Waals surface area contributed by atoms with Crippen molar-refractivity contribution in [3.63, 3.8) is 0 Å². The van der Waals surface area contributed by atoms with Crippen LogP contribution in [0, 0.1) is 11.3 Å². The van der Waals surface area contributed by atoms with Crippen LogP contribution in [0.4, 0.5) is 5.69 Å². The predicted octanol–water partition coefficient (Wildman–Crippen LogP) is 4.39. The molecule has 1 heterocycles. The Balaban J connectivity index is 1.68. The molecule has 2 aromatic carbocycles. The van der Waals surface area contributed by atoms with Crippen molar-refractivity contribution < 1.29 is 4.74 Å². The zero-order valence-electron chi connectivity index (χ0n) is 11.1. The third-order valence-corrected chi connectivity index (χ3v) is 4.11. The van der Waals surface area contributed by atoms with Crippen molar-refractivity contribution in [2.24, 2.45) is 0 Å². The molecule has 0 aromatic heterocycles. The normalized spacial score (nSPS) is 16.0. The molecular formula is C16H12BrClN2O. The third kappa shape index (κ3) is 3.15. The summed E-state index contributed by atoms with van der Waals surface area (Å²) in [5.41, 5.74) is 2.56. The second kappa shape index (κ2) is 5.97. The Labute approximate surface area is 136 Å². The molecule has 1 aliphatic heterocycles. The summed E-state index contributed by atoms with van der Waals surface area (Å²) in [6.07, 6.45) is 0.864. The Morgan fingerprint density at radius 1 is 1.33 bits per heavy atom. The molecule has 21 heavy (non-hydrogen) atoms. The molecule has 0 radical (unpaired) electrons. The zero-order valence-corrected chi connectivity index (χ0v) is 13.4. The number of anilines is 1. The van der Waals surface area contributed by atoms with Crippen molar-refractivity contribution in [3.8, 4) is 11.8 Å². The summed E-state index contributed by atoms with van der Waals surface area (Å²) in [6.45, 7) is 0.636. The van der Waals surface area contributed by atoms with Gasteiger partial charge in [0.2, 0.25) is 0 Å².